The Balaban J connectivity index is 1.42. The van der Waals surface area contributed by atoms with Gasteiger partial charge in [0.2, 0.25) is 5.91 Å². The van der Waals surface area contributed by atoms with Gasteiger partial charge in [-0.3, -0.25) is 4.79 Å². The monoisotopic (exact) mass is 502 g/mol. The van der Waals surface area contributed by atoms with Crippen LogP contribution in [0.2, 0.25) is 0 Å². The molecule has 4 N–H and O–H groups in total. The van der Waals surface area contributed by atoms with Crippen molar-refractivity contribution in [1.29, 1.82) is 0 Å². The highest BCUT2D eigenvalue weighted by Gasteiger charge is 2.52. The number of benzene rings is 2. The molecule has 1 aliphatic carbocycles. The van der Waals surface area contributed by atoms with Crippen molar-refractivity contribution in [3.8, 4) is 11.5 Å². The van der Waals surface area contributed by atoms with Crippen molar-refractivity contribution < 1.29 is 38.4 Å². The lowest BCUT2D eigenvalue weighted by Crippen LogP contribution is -2.29. The van der Waals surface area contributed by atoms with Gasteiger partial charge in [0.25, 0.3) is 0 Å². The predicted octanol–water partition coefficient (Wildman–Crippen LogP) is 3.26. The van der Waals surface area contributed by atoms with E-state index in [1.165, 1.54) is 12.1 Å². The molecule has 0 unspecified atom stereocenters. The fourth-order valence-electron chi connectivity index (χ4n) is 4.72. The number of fused-ring (bicyclic) bond motifs is 2. The third-order valence-corrected chi connectivity index (χ3v) is 6.99. The number of nitrogens with one attached hydrogen (secondary N) is 1. The second-order valence-corrected chi connectivity index (χ2v) is 10.2. The molecule has 3 aromatic rings. The van der Waals surface area contributed by atoms with E-state index in [2.05, 4.69) is 14.8 Å². The van der Waals surface area contributed by atoms with Gasteiger partial charge in [0.15, 0.2) is 11.5 Å². The van der Waals surface area contributed by atoms with Crippen molar-refractivity contribution in [2.45, 2.75) is 56.5 Å². The maximum absolute atomic E-state index is 13.4. The highest BCUT2D eigenvalue weighted by atomic mass is 19.3. The van der Waals surface area contributed by atoms with Crippen LogP contribution in [0.25, 0.3) is 10.9 Å². The van der Waals surface area contributed by atoms with Gasteiger partial charge in [0, 0.05) is 27.7 Å². The van der Waals surface area contributed by atoms with E-state index in [0.29, 0.717) is 24.1 Å². The number of rotatable bonds is 8. The molecule has 2 heterocycles. The highest BCUT2D eigenvalue weighted by molar-refractivity contribution is 6.02. The van der Waals surface area contributed by atoms with E-state index in [-0.39, 0.29) is 30.6 Å². The SMILES string of the molecule is CC(C)(CO)c1cc2cc(NC(=O)C3(c4ccc5c(c4)OC(F)(F)O5)CC3)ccc2n1C[C@@H](O)CO. The van der Waals surface area contributed by atoms with Crippen molar-refractivity contribution >= 4 is 22.5 Å². The number of hydrogen-bond donors (Lipinski definition) is 4. The number of anilines is 1. The lowest BCUT2D eigenvalue weighted by Gasteiger charge is -2.25. The van der Waals surface area contributed by atoms with Crippen LogP contribution in [0.1, 0.15) is 37.9 Å². The number of carbonyl (C=O) groups is 1. The van der Waals surface area contributed by atoms with Gasteiger partial charge in [-0.1, -0.05) is 19.9 Å². The quantitative estimate of drug-likeness (QED) is 0.376. The Bertz CT molecular complexity index is 1330. The number of aromatic nitrogens is 1. The van der Waals surface area contributed by atoms with Crippen molar-refractivity contribution in [1.82, 2.24) is 4.57 Å². The van der Waals surface area contributed by atoms with E-state index in [1.807, 2.05) is 36.6 Å². The van der Waals surface area contributed by atoms with Gasteiger partial charge in [0.05, 0.1) is 31.3 Å². The number of hydrogen-bond acceptors (Lipinski definition) is 6. The van der Waals surface area contributed by atoms with Crippen LogP contribution in [-0.4, -0.2) is 51.4 Å². The summed E-state index contributed by atoms with van der Waals surface area (Å²) in [5.41, 5.74) is 1.26. The number of aliphatic hydroxyl groups excluding tert-OH is 3. The fourth-order valence-corrected chi connectivity index (χ4v) is 4.72. The standard InChI is InChI=1S/C26H28F2N2O6/c1-24(2,14-32)22-10-15-9-17(4-5-19(15)30(22)12-18(33)13-31)29-23(34)25(7-8-25)16-3-6-20-21(11-16)36-26(27,28)35-20/h3-6,9-11,18,31-33H,7-8,12-14H2,1-2H3,(H,29,34)/t18-/m1/s1. The molecule has 0 spiro atoms. The summed E-state index contributed by atoms with van der Waals surface area (Å²) in [5.74, 6) is -0.412. The van der Waals surface area contributed by atoms with E-state index < -0.39 is 29.8 Å². The average Bonchev–Trinajstić information content (AvgIpc) is 3.48. The van der Waals surface area contributed by atoms with Crippen LogP contribution in [0, 0.1) is 0 Å². The molecule has 1 aromatic heterocycles. The summed E-state index contributed by atoms with van der Waals surface area (Å²) in [5, 5.41) is 33.1. The van der Waals surface area contributed by atoms with Crippen LogP contribution < -0.4 is 14.8 Å². The van der Waals surface area contributed by atoms with E-state index in [9.17, 15) is 28.9 Å². The number of halogens is 2. The molecule has 1 aliphatic heterocycles. The average molecular weight is 503 g/mol. The maximum Gasteiger partial charge on any atom is 0.586 e. The van der Waals surface area contributed by atoms with Gasteiger partial charge in [-0.2, -0.15) is 0 Å². The first kappa shape index (κ1) is 24.5. The van der Waals surface area contributed by atoms with Gasteiger partial charge < -0.3 is 34.7 Å². The molecule has 2 aromatic carbocycles. The fraction of sp³-hybridized carbons (Fsp3) is 0.423. The molecular formula is C26H28F2N2O6. The summed E-state index contributed by atoms with van der Waals surface area (Å²) >= 11 is 0. The summed E-state index contributed by atoms with van der Waals surface area (Å²) in [6.45, 7) is 3.39. The number of alkyl halides is 2. The highest BCUT2D eigenvalue weighted by Crippen LogP contribution is 2.52. The van der Waals surface area contributed by atoms with Gasteiger partial charge >= 0.3 is 6.29 Å². The summed E-state index contributed by atoms with van der Waals surface area (Å²) < 4.78 is 37.7. The zero-order chi connectivity index (χ0) is 25.9. The van der Waals surface area contributed by atoms with Crippen LogP contribution >= 0.6 is 0 Å². The smallest absolute Gasteiger partial charge is 0.395 e. The van der Waals surface area contributed by atoms with E-state index >= 15 is 0 Å². The van der Waals surface area contributed by atoms with Crippen molar-refractivity contribution in [2.24, 2.45) is 0 Å². The summed E-state index contributed by atoms with van der Waals surface area (Å²) in [4.78, 5) is 13.3. The topological polar surface area (TPSA) is 113 Å². The molecule has 8 nitrogen and oxygen atoms in total. The second-order valence-electron chi connectivity index (χ2n) is 10.2. The first-order chi connectivity index (χ1) is 17.0. The molecule has 2 aliphatic rings. The van der Waals surface area contributed by atoms with Gasteiger partial charge in [-0.05, 0) is 54.8 Å². The minimum Gasteiger partial charge on any atom is -0.395 e. The van der Waals surface area contributed by atoms with Gasteiger partial charge in [-0.25, -0.2) is 0 Å². The number of amides is 1. The van der Waals surface area contributed by atoms with Crippen LogP contribution in [-0.2, 0) is 22.2 Å². The lowest BCUT2D eigenvalue weighted by molar-refractivity contribution is -0.286. The van der Waals surface area contributed by atoms with Crippen LogP contribution in [0.5, 0.6) is 11.5 Å². The molecule has 0 radical (unpaired) electrons. The van der Waals surface area contributed by atoms with Gasteiger partial charge in [0.1, 0.15) is 0 Å². The minimum atomic E-state index is -3.72. The van der Waals surface area contributed by atoms with Crippen LogP contribution in [0.15, 0.2) is 42.5 Å². The molecule has 0 saturated heterocycles. The van der Waals surface area contributed by atoms with Crippen molar-refractivity contribution in [3.05, 3.63) is 53.7 Å². The molecule has 1 atom stereocenters. The van der Waals surface area contributed by atoms with Gasteiger partial charge in [-0.15, -0.1) is 8.78 Å². The molecular weight excluding hydrogens is 474 g/mol. The second kappa shape index (κ2) is 8.43. The van der Waals surface area contributed by atoms with Crippen LogP contribution in [0.4, 0.5) is 14.5 Å². The van der Waals surface area contributed by atoms with E-state index in [4.69, 9.17) is 0 Å². The maximum atomic E-state index is 13.4. The zero-order valence-electron chi connectivity index (χ0n) is 19.9. The Morgan fingerprint density at radius 2 is 1.83 bits per heavy atom. The third kappa shape index (κ3) is 4.19. The number of nitrogens with zero attached hydrogens (tertiary/aromatic N) is 1. The molecule has 192 valence electrons. The van der Waals surface area contributed by atoms with Crippen molar-refractivity contribution in [2.75, 3.05) is 18.5 Å². The Morgan fingerprint density at radius 3 is 2.50 bits per heavy atom. The third-order valence-electron chi connectivity index (χ3n) is 6.99. The van der Waals surface area contributed by atoms with Crippen molar-refractivity contribution in [3.63, 3.8) is 0 Å². The van der Waals surface area contributed by atoms with E-state index in [0.717, 1.165) is 16.6 Å². The number of carbonyl (C=O) groups excluding carboxylic acids is 1. The molecule has 1 saturated carbocycles. The molecule has 10 heteroatoms. The number of ether oxygens (including phenoxy) is 2. The Labute approximate surface area is 206 Å². The molecule has 36 heavy (non-hydrogen) atoms. The first-order valence-corrected chi connectivity index (χ1v) is 11.7. The number of aliphatic hydroxyl groups is 3. The Morgan fingerprint density at radius 1 is 1.11 bits per heavy atom. The Kier molecular flexibility index (Phi) is 5.73. The summed E-state index contributed by atoms with van der Waals surface area (Å²) in [6.07, 6.45) is -3.55. The minimum absolute atomic E-state index is 0.0668. The zero-order valence-corrected chi connectivity index (χ0v) is 19.9. The lowest BCUT2D eigenvalue weighted by atomic mass is 9.90. The largest absolute Gasteiger partial charge is 0.586 e. The molecule has 1 fully saturated rings. The molecule has 5 rings (SSSR count). The summed E-state index contributed by atoms with van der Waals surface area (Å²) in [6, 6.07) is 11.7. The summed E-state index contributed by atoms with van der Waals surface area (Å²) in [7, 11) is 0. The first-order valence-electron chi connectivity index (χ1n) is 11.7. The molecule has 1 amide bonds. The predicted molar refractivity (Wildman–Crippen MR) is 127 cm³/mol. The molecule has 0 bridgehead atoms. The Hall–Kier alpha value is -3.21. The normalized spacial score (nSPS) is 18.3. The van der Waals surface area contributed by atoms with Crippen LogP contribution in [0.3, 0.4) is 0 Å². The van der Waals surface area contributed by atoms with E-state index in [1.54, 1.807) is 12.1 Å².